The molecule has 1 aromatic carbocycles. The van der Waals surface area contributed by atoms with E-state index in [1.165, 1.54) is 12.1 Å². The first kappa shape index (κ1) is 11.6. The zero-order valence-electron chi connectivity index (χ0n) is 9.03. The van der Waals surface area contributed by atoms with Gasteiger partial charge in [0, 0.05) is 0 Å². The van der Waals surface area contributed by atoms with Crippen LogP contribution in [0.15, 0.2) is 12.1 Å². The minimum Gasteiger partial charge on any atom is -0.508 e. The number of carbonyl (C=O) groups excluding carboxylic acids is 1. The van der Waals surface area contributed by atoms with Crippen molar-refractivity contribution in [1.82, 2.24) is 0 Å². The van der Waals surface area contributed by atoms with Gasteiger partial charge in [0.15, 0.2) is 6.29 Å². The second-order valence-corrected chi connectivity index (χ2v) is 4.09. The summed E-state index contributed by atoms with van der Waals surface area (Å²) in [5, 5.41) is 19.0. The molecule has 2 N–H and O–H groups in total. The summed E-state index contributed by atoms with van der Waals surface area (Å²) in [6.45, 7) is 4.19. The number of phenolic OH excluding ortho intramolecular Hbond substituents is 2. The Morgan fingerprint density at radius 2 is 1.93 bits per heavy atom. The molecule has 0 aliphatic rings. The number of hydrogen-bond acceptors (Lipinski definition) is 3. The molecule has 3 heteroatoms. The maximum atomic E-state index is 10.5. The van der Waals surface area contributed by atoms with E-state index in [0.29, 0.717) is 24.2 Å². The molecule has 0 saturated carbocycles. The molecular formula is C12H16O3. The SMILES string of the molecule is CC(C)CCc1cc(O)c(C=O)cc1O. The lowest BCUT2D eigenvalue weighted by molar-refractivity contribution is 0.112. The summed E-state index contributed by atoms with van der Waals surface area (Å²) in [6.07, 6.45) is 2.17. The van der Waals surface area contributed by atoms with E-state index in [1.54, 1.807) is 0 Å². The Morgan fingerprint density at radius 3 is 2.47 bits per heavy atom. The topological polar surface area (TPSA) is 57.5 Å². The van der Waals surface area contributed by atoms with E-state index in [0.717, 1.165) is 6.42 Å². The third kappa shape index (κ3) is 2.98. The second kappa shape index (κ2) is 4.82. The molecule has 0 radical (unpaired) electrons. The minimum absolute atomic E-state index is 0.0680. The van der Waals surface area contributed by atoms with Gasteiger partial charge < -0.3 is 10.2 Å². The Balaban J connectivity index is 2.90. The summed E-state index contributed by atoms with van der Waals surface area (Å²) in [6, 6.07) is 2.76. The van der Waals surface area contributed by atoms with Crippen LogP contribution in [0.3, 0.4) is 0 Å². The Hall–Kier alpha value is -1.51. The first-order chi connectivity index (χ1) is 7.04. The van der Waals surface area contributed by atoms with Crippen molar-refractivity contribution in [3.05, 3.63) is 23.3 Å². The van der Waals surface area contributed by atoms with Crippen molar-refractivity contribution in [3.8, 4) is 11.5 Å². The van der Waals surface area contributed by atoms with Crippen LogP contribution in [0.25, 0.3) is 0 Å². The molecule has 0 atom stereocenters. The molecule has 82 valence electrons. The third-order valence-corrected chi connectivity index (χ3v) is 2.35. The Morgan fingerprint density at radius 1 is 1.27 bits per heavy atom. The van der Waals surface area contributed by atoms with Crippen LogP contribution in [0.2, 0.25) is 0 Å². The molecule has 1 aromatic rings. The number of hydrogen-bond donors (Lipinski definition) is 2. The molecule has 0 aromatic heterocycles. The zero-order valence-corrected chi connectivity index (χ0v) is 9.03. The predicted molar refractivity (Wildman–Crippen MR) is 58.3 cm³/mol. The number of aromatic hydroxyl groups is 2. The van der Waals surface area contributed by atoms with E-state index in [2.05, 4.69) is 13.8 Å². The van der Waals surface area contributed by atoms with Crippen molar-refractivity contribution in [2.45, 2.75) is 26.7 Å². The lowest BCUT2D eigenvalue weighted by atomic mass is 10.0. The van der Waals surface area contributed by atoms with Gasteiger partial charge in [-0.15, -0.1) is 0 Å². The maximum absolute atomic E-state index is 10.5. The number of carbonyl (C=O) groups is 1. The van der Waals surface area contributed by atoms with Crippen molar-refractivity contribution in [2.24, 2.45) is 5.92 Å². The van der Waals surface area contributed by atoms with Gasteiger partial charge in [0.2, 0.25) is 0 Å². The van der Waals surface area contributed by atoms with Gasteiger partial charge in [-0.1, -0.05) is 13.8 Å². The number of aryl methyl sites for hydroxylation is 1. The molecule has 0 aliphatic carbocycles. The number of aldehydes is 1. The lowest BCUT2D eigenvalue weighted by Crippen LogP contribution is -1.94. The quantitative estimate of drug-likeness (QED) is 0.590. The molecule has 0 bridgehead atoms. The molecule has 15 heavy (non-hydrogen) atoms. The molecule has 0 spiro atoms. The molecule has 0 heterocycles. The standard InChI is InChI=1S/C12H16O3/c1-8(2)3-4-9-5-12(15)10(7-13)6-11(9)14/h5-8,14-15H,3-4H2,1-2H3. The Labute approximate surface area is 89.4 Å². The number of rotatable bonds is 4. The van der Waals surface area contributed by atoms with E-state index < -0.39 is 0 Å². The molecular weight excluding hydrogens is 192 g/mol. The Bertz CT molecular complexity index is 356. The summed E-state index contributed by atoms with van der Waals surface area (Å²) in [5.41, 5.74) is 0.813. The van der Waals surface area contributed by atoms with Gasteiger partial charge in [0.05, 0.1) is 5.56 Å². The fourth-order valence-electron chi connectivity index (χ4n) is 1.38. The Kier molecular flexibility index (Phi) is 3.72. The fraction of sp³-hybridized carbons (Fsp3) is 0.417. The number of phenols is 2. The maximum Gasteiger partial charge on any atom is 0.153 e. The van der Waals surface area contributed by atoms with Crippen LogP contribution in [0.5, 0.6) is 11.5 Å². The summed E-state index contributed by atoms with van der Waals surface area (Å²) < 4.78 is 0. The first-order valence-corrected chi connectivity index (χ1v) is 5.04. The van der Waals surface area contributed by atoms with Crippen LogP contribution < -0.4 is 0 Å². The summed E-state index contributed by atoms with van der Waals surface area (Å²) in [5.74, 6) is 0.550. The van der Waals surface area contributed by atoms with E-state index in [9.17, 15) is 15.0 Å². The predicted octanol–water partition coefficient (Wildman–Crippen LogP) is 2.50. The van der Waals surface area contributed by atoms with Gasteiger partial charge in [-0.2, -0.15) is 0 Å². The zero-order chi connectivity index (χ0) is 11.4. The smallest absolute Gasteiger partial charge is 0.153 e. The van der Waals surface area contributed by atoms with Crippen LogP contribution in [-0.4, -0.2) is 16.5 Å². The average Bonchev–Trinajstić information content (AvgIpc) is 2.18. The molecule has 3 nitrogen and oxygen atoms in total. The van der Waals surface area contributed by atoms with Gasteiger partial charge in [-0.3, -0.25) is 4.79 Å². The van der Waals surface area contributed by atoms with Crippen LogP contribution >= 0.6 is 0 Å². The van der Waals surface area contributed by atoms with E-state index in [1.807, 2.05) is 0 Å². The monoisotopic (exact) mass is 208 g/mol. The highest BCUT2D eigenvalue weighted by Gasteiger charge is 2.08. The summed E-state index contributed by atoms with van der Waals surface area (Å²) >= 11 is 0. The highest BCUT2D eigenvalue weighted by molar-refractivity contribution is 5.80. The summed E-state index contributed by atoms with van der Waals surface area (Å²) in [7, 11) is 0. The molecule has 0 saturated heterocycles. The van der Waals surface area contributed by atoms with Crippen molar-refractivity contribution in [2.75, 3.05) is 0 Å². The van der Waals surface area contributed by atoms with Crippen molar-refractivity contribution < 1.29 is 15.0 Å². The fourth-order valence-corrected chi connectivity index (χ4v) is 1.38. The van der Waals surface area contributed by atoms with E-state index >= 15 is 0 Å². The van der Waals surface area contributed by atoms with Crippen molar-refractivity contribution >= 4 is 6.29 Å². The highest BCUT2D eigenvalue weighted by Crippen LogP contribution is 2.27. The van der Waals surface area contributed by atoms with Gasteiger partial charge in [-0.25, -0.2) is 0 Å². The highest BCUT2D eigenvalue weighted by atomic mass is 16.3. The van der Waals surface area contributed by atoms with Crippen molar-refractivity contribution in [3.63, 3.8) is 0 Å². The van der Waals surface area contributed by atoms with Crippen LogP contribution in [0.1, 0.15) is 36.2 Å². The molecule has 0 aliphatic heterocycles. The lowest BCUT2D eigenvalue weighted by Gasteiger charge is -2.08. The van der Waals surface area contributed by atoms with Crippen LogP contribution in [0.4, 0.5) is 0 Å². The van der Waals surface area contributed by atoms with Gasteiger partial charge in [0.25, 0.3) is 0 Å². The molecule has 0 unspecified atom stereocenters. The summed E-state index contributed by atoms with van der Waals surface area (Å²) in [4.78, 5) is 10.5. The largest absolute Gasteiger partial charge is 0.508 e. The van der Waals surface area contributed by atoms with Gasteiger partial charge in [-0.05, 0) is 36.5 Å². The normalized spacial score (nSPS) is 10.6. The van der Waals surface area contributed by atoms with Gasteiger partial charge in [0.1, 0.15) is 11.5 Å². The van der Waals surface area contributed by atoms with Crippen LogP contribution in [0, 0.1) is 5.92 Å². The van der Waals surface area contributed by atoms with Crippen molar-refractivity contribution in [1.29, 1.82) is 0 Å². The van der Waals surface area contributed by atoms with E-state index in [4.69, 9.17) is 0 Å². The minimum atomic E-state index is -0.0680. The van der Waals surface area contributed by atoms with E-state index in [-0.39, 0.29) is 17.1 Å². The molecule has 0 amide bonds. The molecule has 0 fully saturated rings. The third-order valence-electron chi connectivity index (χ3n) is 2.35. The van der Waals surface area contributed by atoms with Crippen LogP contribution in [-0.2, 0) is 6.42 Å². The first-order valence-electron chi connectivity index (χ1n) is 5.04. The average molecular weight is 208 g/mol. The number of benzene rings is 1. The van der Waals surface area contributed by atoms with Gasteiger partial charge >= 0.3 is 0 Å². The second-order valence-electron chi connectivity index (χ2n) is 4.09. The molecule has 1 rings (SSSR count).